The number of hydrogen-bond acceptors (Lipinski definition) is 4. The summed E-state index contributed by atoms with van der Waals surface area (Å²) < 4.78 is 0. The number of hydrogen-bond donors (Lipinski definition) is 0. The van der Waals surface area contributed by atoms with Crippen molar-refractivity contribution in [1.82, 2.24) is 9.97 Å². The molecule has 0 aliphatic rings. The van der Waals surface area contributed by atoms with E-state index in [0.717, 1.165) is 21.6 Å². The van der Waals surface area contributed by atoms with Crippen molar-refractivity contribution in [3.05, 3.63) is 94.9 Å². The highest BCUT2D eigenvalue weighted by molar-refractivity contribution is 5.77. The Bertz CT molecular complexity index is 945. The van der Waals surface area contributed by atoms with E-state index in [2.05, 4.69) is 22.1 Å². The Balaban J connectivity index is 2.18. The lowest BCUT2D eigenvalue weighted by Crippen LogP contribution is -2.13. The number of pyridine rings is 2. The molecule has 0 unspecified atom stereocenters. The van der Waals surface area contributed by atoms with Crippen LogP contribution < -0.4 is 10.4 Å². The molecule has 4 heteroatoms. The van der Waals surface area contributed by atoms with Crippen LogP contribution in [0.3, 0.4) is 0 Å². The van der Waals surface area contributed by atoms with Crippen molar-refractivity contribution >= 4 is 11.1 Å². The third-order valence-electron chi connectivity index (χ3n) is 3.62. The molecule has 112 valence electrons. The molecule has 0 radical (unpaired) electrons. The van der Waals surface area contributed by atoms with Gasteiger partial charge in [-0.25, -0.2) is 0 Å². The maximum absolute atomic E-state index is 9.46. The largest absolute Gasteiger partial charge is 0.265 e. The Morgan fingerprint density at radius 3 is 1.21 bits per heavy atom. The van der Waals surface area contributed by atoms with Gasteiger partial charge < -0.3 is 0 Å². The monoisotopic (exact) mass is 308 g/mol. The summed E-state index contributed by atoms with van der Waals surface area (Å²) in [6.07, 6.45) is 6.64. The highest BCUT2D eigenvalue weighted by Gasteiger charge is 2.03. The van der Waals surface area contributed by atoms with E-state index in [1.165, 1.54) is 0 Å². The lowest BCUT2D eigenvalue weighted by molar-refractivity contribution is 1.31. The van der Waals surface area contributed by atoms with Crippen LogP contribution in [0.4, 0.5) is 0 Å². The van der Waals surface area contributed by atoms with Gasteiger partial charge in [-0.3, -0.25) is 9.97 Å². The van der Waals surface area contributed by atoms with Crippen LogP contribution in [0.25, 0.3) is 11.1 Å². The molecule has 3 rings (SSSR count). The van der Waals surface area contributed by atoms with Gasteiger partial charge in [-0.2, -0.15) is 10.5 Å². The lowest BCUT2D eigenvalue weighted by atomic mass is 10.0. The second-order valence-electron chi connectivity index (χ2n) is 5.02. The molecule has 0 fully saturated rings. The summed E-state index contributed by atoms with van der Waals surface area (Å²) in [6, 6.07) is 19.1. The summed E-state index contributed by atoms with van der Waals surface area (Å²) in [5.41, 5.74) is 2.79. The van der Waals surface area contributed by atoms with Crippen LogP contribution >= 0.6 is 0 Å². The summed E-state index contributed by atoms with van der Waals surface area (Å²) in [5.74, 6) is 0. The minimum absolute atomic E-state index is 0.575. The molecule has 3 aromatic rings. The fraction of sp³-hybridized carbons (Fsp3) is 0. The third-order valence-corrected chi connectivity index (χ3v) is 3.62. The van der Waals surface area contributed by atoms with Crippen LogP contribution in [0.2, 0.25) is 0 Å². The zero-order valence-corrected chi connectivity index (χ0v) is 12.7. The van der Waals surface area contributed by atoms with E-state index in [-0.39, 0.29) is 0 Å². The second kappa shape index (κ2) is 7.00. The van der Waals surface area contributed by atoms with Crippen molar-refractivity contribution in [1.29, 1.82) is 10.5 Å². The van der Waals surface area contributed by atoms with Crippen molar-refractivity contribution in [3.8, 4) is 12.1 Å². The number of aromatic nitrogens is 2. The van der Waals surface area contributed by atoms with Gasteiger partial charge in [-0.15, -0.1) is 0 Å². The third kappa shape index (κ3) is 3.04. The summed E-state index contributed by atoms with van der Waals surface area (Å²) in [6.45, 7) is 0. The van der Waals surface area contributed by atoms with Crippen LogP contribution in [-0.4, -0.2) is 9.97 Å². The fourth-order valence-electron chi connectivity index (χ4n) is 2.43. The molecule has 0 saturated carbocycles. The molecule has 2 aromatic heterocycles. The van der Waals surface area contributed by atoms with Gasteiger partial charge in [-0.1, -0.05) is 24.3 Å². The van der Waals surface area contributed by atoms with Crippen LogP contribution in [0, 0.1) is 22.7 Å². The van der Waals surface area contributed by atoms with E-state index >= 15 is 0 Å². The molecule has 0 N–H and O–H groups in total. The first-order valence-electron chi connectivity index (χ1n) is 7.29. The average molecular weight is 308 g/mol. The summed E-state index contributed by atoms with van der Waals surface area (Å²) in [5, 5.41) is 20.5. The van der Waals surface area contributed by atoms with Crippen molar-refractivity contribution in [2.75, 3.05) is 0 Å². The van der Waals surface area contributed by atoms with E-state index < -0.39 is 0 Å². The van der Waals surface area contributed by atoms with E-state index in [4.69, 9.17) is 0 Å². The number of nitrogens with zero attached hydrogens (tertiary/aromatic N) is 4. The topological polar surface area (TPSA) is 73.4 Å². The molecular weight excluding hydrogens is 296 g/mol. The summed E-state index contributed by atoms with van der Waals surface area (Å²) in [4.78, 5) is 7.94. The molecule has 0 spiro atoms. The molecule has 4 nitrogen and oxygen atoms in total. The molecule has 2 heterocycles. The first kappa shape index (κ1) is 15.1. The predicted octanol–water partition coefficient (Wildman–Crippen LogP) is 1.92. The van der Waals surface area contributed by atoms with Crippen molar-refractivity contribution in [2.45, 2.75) is 0 Å². The molecule has 0 aliphatic carbocycles. The molecule has 0 aliphatic heterocycles. The number of rotatable bonds is 2. The van der Waals surface area contributed by atoms with Gasteiger partial charge in [0.2, 0.25) is 0 Å². The van der Waals surface area contributed by atoms with Crippen molar-refractivity contribution in [3.63, 3.8) is 0 Å². The Morgan fingerprint density at radius 2 is 0.917 bits per heavy atom. The molecule has 1 aromatic carbocycles. The number of nitriles is 2. The number of benzene rings is 1. The van der Waals surface area contributed by atoms with Gasteiger partial charge in [0.15, 0.2) is 0 Å². The van der Waals surface area contributed by atoms with Crippen LogP contribution in [0.15, 0.2) is 73.3 Å². The second-order valence-corrected chi connectivity index (χ2v) is 5.02. The SMILES string of the molecule is N#CC(c1ccncc1)=c1ccc(=C(C#N)c2ccncc2)cc1. The smallest absolute Gasteiger partial charge is 0.100 e. The van der Waals surface area contributed by atoms with Gasteiger partial charge in [0, 0.05) is 24.8 Å². The van der Waals surface area contributed by atoms with Crippen LogP contribution in [0.5, 0.6) is 0 Å². The van der Waals surface area contributed by atoms with Gasteiger partial charge in [0.05, 0.1) is 11.1 Å². The highest BCUT2D eigenvalue weighted by atomic mass is 14.6. The molecule has 0 saturated heterocycles. The zero-order chi connectivity index (χ0) is 16.8. The van der Waals surface area contributed by atoms with E-state index in [9.17, 15) is 10.5 Å². The van der Waals surface area contributed by atoms with Crippen LogP contribution in [0.1, 0.15) is 11.1 Å². The standard InChI is InChI=1S/C20H12N4/c21-13-19(17-5-9-23-10-6-17)15-1-2-16(4-3-15)20(14-22)18-7-11-24-12-8-18/h1-12H. The van der Waals surface area contributed by atoms with Gasteiger partial charge in [0.1, 0.15) is 12.1 Å². The molecule has 0 amide bonds. The van der Waals surface area contributed by atoms with Gasteiger partial charge >= 0.3 is 0 Å². The Morgan fingerprint density at radius 1 is 0.583 bits per heavy atom. The normalized spacial score (nSPS) is 9.58. The first-order chi connectivity index (χ1) is 11.8. The summed E-state index contributed by atoms with van der Waals surface area (Å²) >= 11 is 0. The maximum Gasteiger partial charge on any atom is 0.100 e. The minimum Gasteiger partial charge on any atom is -0.265 e. The van der Waals surface area contributed by atoms with E-state index in [1.54, 1.807) is 49.1 Å². The Labute approximate surface area is 139 Å². The maximum atomic E-state index is 9.46. The Hall–Kier alpha value is -3.76. The lowest BCUT2D eigenvalue weighted by Gasteiger charge is -2.00. The van der Waals surface area contributed by atoms with E-state index in [1.807, 2.05) is 24.3 Å². The van der Waals surface area contributed by atoms with Crippen molar-refractivity contribution in [2.24, 2.45) is 0 Å². The molecular formula is C20H12N4. The average Bonchev–Trinajstić information content (AvgIpc) is 2.66. The quantitative estimate of drug-likeness (QED) is 0.725. The minimum atomic E-state index is 0.575. The summed E-state index contributed by atoms with van der Waals surface area (Å²) in [7, 11) is 0. The van der Waals surface area contributed by atoms with Gasteiger partial charge in [0.25, 0.3) is 0 Å². The molecule has 24 heavy (non-hydrogen) atoms. The Kier molecular flexibility index (Phi) is 4.42. The predicted molar refractivity (Wildman–Crippen MR) is 90.4 cm³/mol. The molecule has 0 atom stereocenters. The van der Waals surface area contributed by atoms with E-state index in [0.29, 0.717) is 11.1 Å². The van der Waals surface area contributed by atoms with Crippen LogP contribution in [-0.2, 0) is 0 Å². The molecule has 0 bridgehead atoms. The fourth-order valence-corrected chi connectivity index (χ4v) is 2.43. The van der Waals surface area contributed by atoms with Gasteiger partial charge in [-0.05, 0) is 45.8 Å². The van der Waals surface area contributed by atoms with Crippen molar-refractivity contribution < 1.29 is 0 Å². The zero-order valence-electron chi connectivity index (χ0n) is 12.7. The highest BCUT2D eigenvalue weighted by Crippen LogP contribution is 2.09. The first-order valence-corrected chi connectivity index (χ1v) is 7.29.